The summed E-state index contributed by atoms with van der Waals surface area (Å²) in [6.45, 7) is 4.81. The van der Waals surface area contributed by atoms with Gasteiger partial charge < -0.3 is 30.0 Å². The second-order valence-corrected chi connectivity index (χ2v) is 12.9. The highest BCUT2D eigenvalue weighted by Crippen LogP contribution is 2.42. The number of ether oxygens (including phenoxy) is 2. The molecule has 2 aromatic carbocycles. The third-order valence-corrected chi connectivity index (χ3v) is 9.66. The number of nitrogens with one attached hydrogen (secondary N) is 3. The minimum Gasteiger partial charge on any atom is -0.481 e. The van der Waals surface area contributed by atoms with Crippen molar-refractivity contribution in [1.82, 2.24) is 30.5 Å². The molecule has 4 heterocycles. The molecule has 1 fully saturated rings. The zero-order valence-electron chi connectivity index (χ0n) is 27.6. The molecule has 0 radical (unpaired) electrons. The van der Waals surface area contributed by atoms with Gasteiger partial charge in [0.05, 0.1) is 34.6 Å². The van der Waals surface area contributed by atoms with Gasteiger partial charge in [0.1, 0.15) is 0 Å². The molecule has 0 aliphatic carbocycles. The molecule has 0 unspecified atom stereocenters. The molecule has 0 bridgehead atoms. The van der Waals surface area contributed by atoms with Gasteiger partial charge in [0, 0.05) is 104 Å². The summed E-state index contributed by atoms with van der Waals surface area (Å²) in [4.78, 5) is 21.0. The first-order valence-electron chi connectivity index (χ1n) is 16.1. The summed E-state index contributed by atoms with van der Waals surface area (Å²) < 4.78 is 13.1. The number of benzene rings is 2. The number of hydrogen-bond acceptors (Lipinski definition) is 7. The lowest BCUT2D eigenvalue weighted by molar-refractivity contribution is -0.119. The third kappa shape index (κ3) is 7.21. The molecule has 250 valence electrons. The van der Waals surface area contributed by atoms with Crippen LogP contribution in [0.4, 0.5) is 0 Å². The molecule has 6 rings (SSSR count). The van der Waals surface area contributed by atoms with Gasteiger partial charge in [0.2, 0.25) is 11.8 Å². The average Bonchev–Trinajstić information content (AvgIpc) is 3.66. The van der Waals surface area contributed by atoms with Crippen molar-refractivity contribution in [3.63, 3.8) is 0 Å². The number of rotatable bonds is 13. The molecule has 11 heteroatoms. The van der Waals surface area contributed by atoms with E-state index in [0.29, 0.717) is 46.8 Å². The Morgan fingerprint density at radius 3 is 2.56 bits per heavy atom. The number of fused-ring (bicyclic) bond motifs is 1. The number of halogens is 2. The third-order valence-electron chi connectivity index (χ3n) is 8.87. The monoisotopic (exact) mass is 686 g/mol. The van der Waals surface area contributed by atoms with Gasteiger partial charge in [-0.2, -0.15) is 0 Å². The van der Waals surface area contributed by atoms with E-state index in [1.165, 1.54) is 10.9 Å². The summed E-state index contributed by atoms with van der Waals surface area (Å²) in [5.41, 5.74) is 7.84. The number of carbonyl (C=O) groups excluding carboxylic acids is 1. The summed E-state index contributed by atoms with van der Waals surface area (Å²) in [7, 11) is 5.38. The van der Waals surface area contributed by atoms with Gasteiger partial charge in [-0.25, -0.2) is 4.98 Å². The van der Waals surface area contributed by atoms with Crippen LogP contribution in [-0.2, 0) is 29.7 Å². The van der Waals surface area contributed by atoms with Gasteiger partial charge in [0.15, 0.2) is 0 Å². The number of nitrogens with zero attached hydrogens (tertiary/aromatic N) is 3. The van der Waals surface area contributed by atoms with E-state index in [1.807, 2.05) is 50.4 Å². The molecule has 1 amide bonds. The topological polar surface area (TPSA) is 102 Å². The molecule has 1 saturated heterocycles. The first-order chi connectivity index (χ1) is 23.3. The van der Waals surface area contributed by atoms with Crippen LogP contribution in [0, 0.1) is 0 Å². The summed E-state index contributed by atoms with van der Waals surface area (Å²) in [6.07, 6.45) is 5.48. The van der Waals surface area contributed by atoms with Crippen LogP contribution >= 0.6 is 23.2 Å². The molecule has 5 aromatic rings. The van der Waals surface area contributed by atoms with Crippen LogP contribution in [0.25, 0.3) is 44.5 Å². The highest BCUT2D eigenvalue weighted by molar-refractivity contribution is 6.39. The van der Waals surface area contributed by atoms with Crippen molar-refractivity contribution in [3.8, 4) is 39.5 Å². The Labute approximate surface area is 291 Å². The predicted molar refractivity (Wildman–Crippen MR) is 192 cm³/mol. The Balaban J connectivity index is 1.25. The Bertz CT molecular complexity index is 1940. The minimum atomic E-state index is 0.105. The first-order valence-corrected chi connectivity index (χ1v) is 16.8. The largest absolute Gasteiger partial charge is 0.481 e. The normalized spacial score (nSPS) is 15.2. The van der Waals surface area contributed by atoms with Crippen LogP contribution in [0.1, 0.15) is 30.9 Å². The van der Waals surface area contributed by atoms with Crippen molar-refractivity contribution in [1.29, 1.82) is 0 Å². The maximum absolute atomic E-state index is 11.5. The second kappa shape index (κ2) is 15.1. The molecular weight excluding hydrogens is 647 g/mol. The van der Waals surface area contributed by atoms with Gasteiger partial charge in [-0.15, -0.1) is 0 Å². The molecule has 9 nitrogen and oxygen atoms in total. The van der Waals surface area contributed by atoms with Gasteiger partial charge >= 0.3 is 0 Å². The van der Waals surface area contributed by atoms with Gasteiger partial charge in [0.25, 0.3) is 0 Å². The Morgan fingerprint density at radius 1 is 1.00 bits per heavy atom. The number of pyridine rings is 2. The fraction of sp³-hybridized carbons (Fsp3) is 0.324. The molecule has 3 N–H and O–H groups in total. The number of carbonyl (C=O) groups is 1. The number of hydrogen-bond donors (Lipinski definition) is 3. The lowest BCUT2D eigenvalue weighted by Crippen LogP contribution is -2.35. The van der Waals surface area contributed by atoms with Crippen LogP contribution in [0.2, 0.25) is 10.0 Å². The first kappa shape index (κ1) is 33.9. The van der Waals surface area contributed by atoms with Crippen molar-refractivity contribution >= 4 is 40.0 Å². The van der Waals surface area contributed by atoms with E-state index in [0.717, 1.165) is 52.8 Å². The van der Waals surface area contributed by atoms with Crippen LogP contribution in [0.15, 0.2) is 67.0 Å². The molecular formula is C37H40Cl2N6O3. The van der Waals surface area contributed by atoms with Gasteiger partial charge in [-0.05, 0) is 37.1 Å². The minimum absolute atomic E-state index is 0.105. The van der Waals surface area contributed by atoms with Crippen LogP contribution < -0.4 is 20.7 Å². The van der Waals surface area contributed by atoms with Crippen LogP contribution in [0.3, 0.4) is 0 Å². The van der Waals surface area contributed by atoms with E-state index in [-0.39, 0.29) is 18.1 Å². The van der Waals surface area contributed by atoms with Gasteiger partial charge in [-0.3, -0.25) is 9.78 Å². The molecule has 48 heavy (non-hydrogen) atoms. The summed E-state index contributed by atoms with van der Waals surface area (Å²) >= 11 is 14.2. The lowest BCUT2D eigenvalue weighted by Gasteiger charge is -2.15. The van der Waals surface area contributed by atoms with Crippen LogP contribution in [0.5, 0.6) is 5.88 Å². The standard InChI is InChI=1S/C37H40Cl2N6O3/c1-22(47-3)17-40-19-25-21-45(2)32-16-23(8-11-27(25)32)36-35(39)29(14-15-42-36)28-6-5-7-30(34(28)38)31-12-9-24(37(44-31)48-4)18-41-20-26-10-13-33(46)43-26/h5-9,11-12,14-16,21-22,26,40-41H,10,13,17-20H2,1-4H3,(H,43,46)/t22-,26-/m1/s1. The lowest BCUT2D eigenvalue weighted by atomic mass is 9.99. The van der Waals surface area contributed by atoms with E-state index in [2.05, 4.69) is 49.9 Å². The summed E-state index contributed by atoms with van der Waals surface area (Å²) in [6, 6.07) is 18.1. The van der Waals surface area contributed by atoms with Crippen molar-refractivity contribution in [2.75, 3.05) is 27.3 Å². The molecule has 1 aliphatic heterocycles. The highest BCUT2D eigenvalue weighted by atomic mass is 35.5. The van der Waals surface area contributed by atoms with Crippen molar-refractivity contribution in [2.45, 2.75) is 45.0 Å². The van der Waals surface area contributed by atoms with Crippen LogP contribution in [-0.4, -0.2) is 59.9 Å². The van der Waals surface area contributed by atoms with E-state index < -0.39 is 0 Å². The predicted octanol–water partition coefficient (Wildman–Crippen LogP) is 6.78. The molecule has 2 atom stereocenters. The highest BCUT2D eigenvalue weighted by Gasteiger charge is 2.21. The fourth-order valence-electron chi connectivity index (χ4n) is 6.18. The SMILES string of the molecule is COc1nc(-c2cccc(-c3ccnc(-c4ccc5c(CNC[C@@H](C)OC)cn(C)c5c4)c3Cl)c2Cl)ccc1CNC[C@H]1CCC(=O)N1. The summed E-state index contributed by atoms with van der Waals surface area (Å²) in [5.74, 6) is 0.620. The number of aromatic nitrogens is 3. The Morgan fingerprint density at radius 2 is 1.79 bits per heavy atom. The fourth-order valence-corrected chi connectivity index (χ4v) is 6.83. The summed E-state index contributed by atoms with van der Waals surface area (Å²) in [5, 5.41) is 12.1. The van der Waals surface area contributed by atoms with Crippen molar-refractivity contribution < 1.29 is 14.3 Å². The number of amides is 1. The van der Waals surface area contributed by atoms with E-state index >= 15 is 0 Å². The maximum atomic E-state index is 11.5. The zero-order chi connectivity index (χ0) is 33.8. The second-order valence-electron chi connectivity index (χ2n) is 12.2. The Kier molecular flexibility index (Phi) is 10.6. The molecule has 3 aromatic heterocycles. The van der Waals surface area contributed by atoms with Gasteiger partial charge in [-0.1, -0.05) is 59.6 Å². The molecule has 1 aliphatic rings. The number of methoxy groups -OCH3 is 2. The van der Waals surface area contributed by atoms with Crippen molar-refractivity contribution in [3.05, 3.63) is 88.2 Å². The average molecular weight is 688 g/mol. The van der Waals surface area contributed by atoms with E-state index in [9.17, 15) is 4.79 Å². The molecule has 0 saturated carbocycles. The van der Waals surface area contributed by atoms with E-state index in [1.54, 1.807) is 20.4 Å². The molecule has 0 spiro atoms. The van der Waals surface area contributed by atoms with E-state index in [4.69, 9.17) is 37.7 Å². The zero-order valence-corrected chi connectivity index (χ0v) is 29.1. The maximum Gasteiger partial charge on any atom is 0.220 e. The number of aryl methyl sites for hydroxylation is 1. The quantitative estimate of drug-likeness (QED) is 0.126. The van der Waals surface area contributed by atoms with Crippen molar-refractivity contribution in [2.24, 2.45) is 7.05 Å². The smallest absolute Gasteiger partial charge is 0.220 e. The Hall–Kier alpha value is -3.99.